The quantitative estimate of drug-likeness (QED) is 0.0558. The number of unbranched alkanes of at least 4 members (excludes halogenated alkanes) is 12. The lowest BCUT2D eigenvalue weighted by atomic mass is 10.1. The van der Waals surface area contributed by atoms with Gasteiger partial charge in [-0.3, -0.25) is 9.35 Å². The second kappa shape index (κ2) is 26.5. The molecule has 6 nitrogen and oxygen atoms in total. The number of hydrogen-bond donors (Lipinski definition) is 3. The first-order valence-electron chi connectivity index (χ1n) is 15.3. The smallest absolute Gasteiger partial charge is 0.267 e. The molecule has 1 amide bonds. The highest BCUT2D eigenvalue weighted by Gasteiger charge is 2.24. The van der Waals surface area contributed by atoms with E-state index in [1.165, 1.54) is 44.6 Å². The summed E-state index contributed by atoms with van der Waals surface area (Å²) in [6, 6.07) is -1.06. The molecule has 0 aliphatic heterocycles. The third-order valence-corrected chi connectivity index (χ3v) is 7.28. The van der Waals surface area contributed by atoms with Crippen LogP contribution < -0.4 is 5.32 Å². The standard InChI is InChI=1S/C32H57NO5S/c1-3-5-7-9-10-11-12-13-14-15-16-17-18-19-20-21-22-24-26-28-32(35)33-30(29-39(36,37)38)31(34)27-25-23-8-6-4-2/h10-11,13-14,16-17,25,27,30-31,34H,3-9,12,15,18-24,26,28-29H2,1-2H3,(H,33,35)(H,36,37,38)/b11-10-,14-13-,17-16-,27-25+. The van der Waals surface area contributed by atoms with Crippen LogP contribution in [0, 0.1) is 0 Å². The zero-order chi connectivity index (χ0) is 29.0. The molecule has 0 aromatic heterocycles. The number of carbonyl (C=O) groups is 1. The van der Waals surface area contributed by atoms with E-state index >= 15 is 0 Å². The van der Waals surface area contributed by atoms with Crippen molar-refractivity contribution in [3.8, 4) is 0 Å². The Labute approximate surface area is 239 Å². The fraction of sp³-hybridized carbons (Fsp3) is 0.719. The summed E-state index contributed by atoms with van der Waals surface area (Å²) < 4.78 is 31.9. The molecule has 0 rings (SSSR count). The summed E-state index contributed by atoms with van der Waals surface area (Å²) in [6.07, 6.45) is 34.2. The molecule has 0 heterocycles. The molecule has 7 heteroatoms. The minimum absolute atomic E-state index is 0.278. The molecule has 226 valence electrons. The van der Waals surface area contributed by atoms with E-state index in [4.69, 9.17) is 0 Å². The molecule has 0 saturated heterocycles. The zero-order valence-corrected chi connectivity index (χ0v) is 25.6. The molecule has 0 radical (unpaired) electrons. The van der Waals surface area contributed by atoms with Crippen molar-refractivity contribution in [3.05, 3.63) is 48.6 Å². The van der Waals surface area contributed by atoms with E-state index in [0.717, 1.165) is 64.2 Å². The highest BCUT2D eigenvalue weighted by atomic mass is 32.2. The summed E-state index contributed by atoms with van der Waals surface area (Å²) in [4.78, 5) is 12.3. The SMILES string of the molecule is CCCCC/C=C\C/C=C\C/C=C\CCCCCCCCC(=O)NC(CS(=O)(=O)O)C(O)/C=C/CCCCC. The first-order valence-corrected chi connectivity index (χ1v) is 16.9. The predicted octanol–water partition coefficient (Wildman–Crippen LogP) is 8.01. The lowest BCUT2D eigenvalue weighted by molar-refractivity contribution is -0.122. The second-order valence-electron chi connectivity index (χ2n) is 10.4. The van der Waals surface area contributed by atoms with Gasteiger partial charge >= 0.3 is 0 Å². The molecule has 2 unspecified atom stereocenters. The monoisotopic (exact) mass is 567 g/mol. The third-order valence-electron chi connectivity index (χ3n) is 6.50. The van der Waals surface area contributed by atoms with Crippen LogP contribution in [0.3, 0.4) is 0 Å². The van der Waals surface area contributed by atoms with Crippen molar-refractivity contribution in [2.24, 2.45) is 0 Å². The van der Waals surface area contributed by atoms with E-state index in [1.807, 2.05) is 0 Å². The Balaban J connectivity index is 3.94. The van der Waals surface area contributed by atoms with Gasteiger partial charge in [0, 0.05) is 6.42 Å². The molecule has 0 aliphatic carbocycles. The average Bonchev–Trinajstić information content (AvgIpc) is 2.88. The molecule has 0 bridgehead atoms. The number of amides is 1. The van der Waals surface area contributed by atoms with Gasteiger partial charge in [0.15, 0.2) is 0 Å². The van der Waals surface area contributed by atoms with E-state index in [9.17, 15) is 22.9 Å². The van der Waals surface area contributed by atoms with E-state index in [-0.39, 0.29) is 12.3 Å². The Bertz CT molecular complexity index is 801. The van der Waals surface area contributed by atoms with Crippen LogP contribution in [0.15, 0.2) is 48.6 Å². The number of rotatable bonds is 26. The molecule has 0 saturated carbocycles. The maximum atomic E-state index is 12.3. The summed E-state index contributed by atoms with van der Waals surface area (Å²) in [5.41, 5.74) is 0. The molecule has 3 N–H and O–H groups in total. The zero-order valence-electron chi connectivity index (χ0n) is 24.7. The van der Waals surface area contributed by atoms with Gasteiger partial charge in [-0.2, -0.15) is 8.42 Å². The molecular weight excluding hydrogens is 510 g/mol. The Morgan fingerprint density at radius 1 is 0.692 bits per heavy atom. The number of carbonyl (C=O) groups excluding carboxylic acids is 1. The van der Waals surface area contributed by atoms with Crippen molar-refractivity contribution in [2.75, 3.05) is 5.75 Å². The van der Waals surface area contributed by atoms with Crippen LogP contribution in [-0.2, 0) is 14.9 Å². The Morgan fingerprint density at radius 3 is 1.69 bits per heavy atom. The number of aliphatic hydroxyl groups is 1. The van der Waals surface area contributed by atoms with Gasteiger partial charge < -0.3 is 10.4 Å². The van der Waals surface area contributed by atoms with Crippen LogP contribution in [0.1, 0.15) is 129 Å². The highest BCUT2D eigenvalue weighted by Crippen LogP contribution is 2.10. The summed E-state index contributed by atoms with van der Waals surface area (Å²) in [7, 11) is -4.33. The first kappa shape index (κ1) is 37.3. The van der Waals surface area contributed by atoms with Crippen LogP contribution in [0.5, 0.6) is 0 Å². The number of hydrogen-bond acceptors (Lipinski definition) is 4. The summed E-state index contributed by atoms with van der Waals surface area (Å²) >= 11 is 0. The van der Waals surface area contributed by atoms with Gasteiger partial charge in [-0.1, -0.05) is 114 Å². The van der Waals surface area contributed by atoms with E-state index in [0.29, 0.717) is 6.42 Å². The Kier molecular flexibility index (Phi) is 25.4. The Hall–Kier alpha value is -1.70. The van der Waals surface area contributed by atoms with E-state index in [2.05, 4.69) is 55.6 Å². The minimum atomic E-state index is -4.33. The molecule has 0 fully saturated rings. The molecule has 2 atom stereocenters. The van der Waals surface area contributed by atoms with Gasteiger partial charge in [-0.15, -0.1) is 0 Å². The number of nitrogens with one attached hydrogen (secondary N) is 1. The van der Waals surface area contributed by atoms with E-state index in [1.54, 1.807) is 6.08 Å². The van der Waals surface area contributed by atoms with Crippen molar-refractivity contribution in [1.82, 2.24) is 5.32 Å². The summed E-state index contributed by atoms with van der Waals surface area (Å²) in [6.45, 7) is 4.33. The maximum absolute atomic E-state index is 12.3. The average molecular weight is 568 g/mol. The van der Waals surface area contributed by atoms with Gasteiger partial charge in [0.1, 0.15) is 0 Å². The first-order chi connectivity index (χ1) is 18.8. The topological polar surface area (TPSA) is 104 Å². The van der Waals surface area contributed by atoms with Gasteiger partial charge in [-0.25, -0.2) is 0 Å². The van der Waals surface area contributed by atoms with Crippen molar-refractivity contribution in [2.45, 2.75) is 142 Å². The van der Waals surface area contributed by atoms with Gasteiger partial charge in [0.25, 0.3) is 10.1 Å². The fourth-order valence-corrected chi connectivity index (χ4v) is 4.89. The predicted molar refractivity (Wildman–Crippen MR) is 165 cm³/mol. The number of allylic oxidation sites excluding steroid dienone is 7. The Morgan fingerprint density at radius 2 is 1.15 bits per heavy atom. The van der Waals surface area contributed by atoms with Crippen molar-refractivity contribution >= 4 is 16.0 Å². The van der Waals surface area contributed by atoms with Gasteiger partial charge in [0.2, 0.25) is 5.91 Å². The van der Waals surface area contributed by atoms with Crippen LogP contribution in [-0.4, -0.2) is 41.9 Å². The van der Waals surface area contributed by atoms with Gasteiger partial charge in [-0.05, 0) is 57.8 Å². The molecule has 0 spiro atoms. The fourth-order valence-electron chi connectivity index (χ4n) is 4.16. The lowest BCUT2D eigenvalue weighted by Crippen LogP contribution is -2.46. The summed E-state index contributed by atoms with van der Waals surface area (Å²) in [5, 5.41) is 12.9. The molecule has 39 heavy (non-hydrogen) atoms. The third kappa shape index (κ3) is 27.7. The summed E-state index contributed by atoms with van der Waals surface area (Å²) in [5.74, 6) is -1.01. The maximum Gasteiger partial charge on any atom is 0.267 e. The van der Waals surface area contributed by atoms with Crippen molar-refractivity contribution < 1.29 is 22.9 Å². The van der Waals surface area contributed by atoms with Crippen LogP contribution in [0.4, 0.5) is 0 Å². The second-order valence-corrected chi connectivity index (χ2v) is 11.9. The normalized spacial score (nSPS) is 14.3. The van der Waals surface area contributed by atoms with Crippen LogP contribution >= 0.6 is 0 Å². The van der Waals surface area contributed by atoms with Crippen LogP contribution in [0.2, 0.25) is 0 Å². The molecule has 0 aromatic carbocycles. The van der Waals surface area contributed by atoms with E-state index < -0.39 is 28.0 Å². The number of aliphatic hydroxyl groups excluding tert-OH is 1. The molecular formula is C32H57NO5S. The van der Waals surface area contributed by atoms with Gasteiger partial charge in [0.05, 0.1) is 17.9 Å². The highest BCUT2D eigenvalue weighted by molar-refractivity contribution is 7.85. The minimum Gasteiger partial charge on any atom is -0.387 e. The molecule has 0 aliphatic rings. The largest absolute Gasteiger partial charge is 0.387 e. The molecule has 0 aromatic rings. The van der Waals surface area contributed by atoms with Crippen molar-refractivity contribution in [1.29, 1.82) is 0 Å². The van der Waals surface area contributed by atoms with Crippen molar-refractivity contribution in [3.63, 3.8) is 0 Å². The lowest BCUT2D eigenvalue weighted by Gasteiger charge is -2.21. The van der Waals surface area contributed by atoms with Crippen LogP contribution in [0.25, 0.3) is 0 Å².